The van der Waals surface area contributed by atoms with Gasteiger partial charge in [0.25, 0.3) is 0 Å². The minimum atomic E-state index is -0.622. The number of methoxy groups -OCH3 is 2. The van der Waals surface area contributed by atoms with Crippen LogP contribution in [0.25, 0.3) is 0 Å². The van der Waals surface area contributed by atoms with Crippen LogP contribution in [0.3, 0.4) is 0 Å². The van der Waals surface area contributed by atoms with Crippen molar-refractivity contribution >= 4 is 35.4 Å². The van der Waals surface area contributed by atoms with Crippen LogP contribution in [0.4, 0.5) is 5.69 Å². The standard InChI is InChI=1S/C15H16ClNO5/c1-20-7-8-22-15(19)6-5-14(18)12-4-3-11(9-13(12)16)17-10-21-2/h3-6,9-10H,7-8H2,1-2H3/b6-5+,17-10?. The Bertz CT molecular complexity index is 583. The summed E-state index contributed by atoms with van der Waals surface area (Å²) < 4.78 is 14.2. The minimum Gasteiger partial charge on any atom is -0.486 e. The average Bonchev–Trinajstić information content (AvgIpc) is 2.51. The van der Waals surface area contributed by atoms with Crippen LogP contribution in [0, 0.1) is 0 Å². The number of hydrogen-bond donors (Lipinski definition) is 0. The Kier molecular flexibility index (Phi) is 7.88. The highest BCUT2D eigenvalue weighted by molar-refractivity contribution is 6.35. The van der Waals surface area contributed by atoms with E-state index in [1.807, 2.05) is 0 Å². The van der Waals surface area contributed by atoms with Crippen molar-refractivity contribution in [2.45, 2.75) is 0 Å². The van der Waals surface area contributed by atoms with Crippen LogP contribution in [-0.4, -0.2) is 45.6 Å². The SMILES string of the molecule is COC=Nc1ccc(C(=O)/C=C/C(=O)OCCOC)c(Cl)c1. The first-order chi connectivity index (χ1) is 10.6. The topological polar surface area (TPSA) is 74.2 Å². The van der Waals surface area contributed by atoms with Crippen LogP contribution in [0.2, 0.25) is 5.02 Å². The molecule has 0 amide bonds. The summed E-state index contributed by atoms with van der Waals surface area (Å²) in [5, 5.41) is 0.230. The molecule has 1 aromatic carbocycles. The summed E-state index contributed by atoms with van der Waals surface area (Å²) in [6.07, 6.45) is 3.41. The summed E-state index contributed by atoms with van der Waals surface area (Å²) >= 11 is 6.02. The minimum absolute atomic E-state index is 0.126. The van der Waals surface area contributed by atoms with Gasteiger partial charge in [0.15, 0.2) is 12.2 Å². The van der Waals surface area contributed by atoms with Gasteiger partial charge in [-0.15, -0.1) is 0 Å². The smallest absolute Gasteiger partial charge is 0.330 e. The highest BCUT2D eigenvalue weighted by Gasteiger charge is 2.09. The van der Waals surface area contributed by atoms with Gasteiger partial charge in [-0.05, 0) is 24.3 Å². The van der Waals surface area contributed by atoms with Gasteiger partial charge in [-0.3, -0.25) is 4.79 Å². The summed E-state index contributed by atoms with van der Waals surface area (Å²) in [6.45, 7) is 0.420. The molecule has 0 aromatic heterocycles. The van der Waals surface area contributed by atoms with Gasteiger partial charge in [-0.1, -0.05) is 11.6 Å². The molecule has 118 valence electrons. The molecule has 6 nitrogen and oxygen atoms in total. The van der Waals surface area contributed by atoms with Gasteiger partial charge >= 0.3 is 5.97 Å². The second-order valence-electron chi connectivity index (χ2n) is 3.99. The van der Waals surface area contributed by atoms with Crippen LogP contribution >= 0.6 is 11.6 Å². The van der Waals surface area contributed by atoms with E-state index in [1.165, 1.54) is 32.8 Å². The van der Waals surface area contributed by atoms with Crippen molar-refractivity contribution in [3.63, 3.8) is 0 Å². The first kappa shape index (κ1) is 17.9. The zero-order valence-corrected chi connectivity index (χ0v) is 13.0. The zero-order valence-electron chi connectivity index (χ0n) is 12.2. The van der Waals surface area contributed by atoms with Crippen molar-refractivity contribution in [1.82, 2.24) is 0 Å². The van der Waals surface area contributed by atoms with Gasteiger partial charge in [0, 0.05) is 18.7 Å². The van der Waals surface area contributed by atoms with Crippen molar-refractivity contribution in [2.75, 3.05) is 27.4 Å². The number of carbonyl (C=O) groups is 2. The maximum atomic E-state index is 12.0. The molecule has 1 aromatic rings. The van der Waals surface area contributed by atoms with Crippen molar-refractivity contribution in [2.24, 2.45) is 4.99 Å². The number of nitrogens with zero attached hydrogens (tertiary/aromatic N) is 1. The third-order valence-electron chi connectivity index (χ3n) is 2.43. The summed E-state index contributed by atoms with van der Waals surface area (Å²) in [4.78, 5) is 27.2. The van der Waals surface area contributed by atoms with Gasteiger partial charge in [0.1, 0.15) is 6.61 Å². The lowest BCUT2D eigenvalue weighted by Gasteiger charge is -2.02. The van der Waals surface area contributed by atoms with Crippen LogP contribution in [0.1, 0.15) is 10.4 Å². The Morgan fingerprint density at radius 3 is 2.64 bits per heavy atom. The monoisotopic (exact) mass is 325 g/mol. The first-order valence-corrected chi connectivity index (χ1v) is 6.69. The van der Waals surface area contributed by atoms with E-state index in [2.05, 4.69) is 4.99 Å². The summed E-state index contributed by atoms with van der Waals surface area (Å²) in [5.74, 6) is -1.03. The molecule has 0 heterocycles. The molecule has 0 fully saturated rings. The van der Waals surface area contributed by atoms with E-state index in [0.29, 0.717) is 12.3 Å². The van der Waals surface area contributed by atoms with Crippen LogP contribution in [-0.2, 0) is 19.0 Å². The van der Waals surface area contributed by atoms with E-state index in [-0.39, 0.29) is 17.2 Å². The maximum absolute atomic E-state index is 12.0. The number of ether oxygens (including phenoxy) is 3. The third-order valence-corrected chi connectivity index (χ3v) is 2.74. The Labute approximate surface area is 133 Å². The largest absolute Gasteiger partial charge is 0.486 e. The van der Waals surface area contributed by atoms with E-state index in [1.54, 1.807) is 6.07 Å². The summed E-state index contributed by atoms with van der Waals surface area (Å²) in [6, 6.07) is 4.65. The van der Waals surface area contributed by atoms with E-state index in [4.69, 9.17) is 25.8 Å². The molecule has 0 aliphatic rings. The molecule has 0 bridgehead atoms. The van der Waals surface area contributed by atoms with Crippen molar-refractivity contribution in [3.8, 4) is 0 Å². The van der Waals surface area contributed by atoms with Crippen molar-refractivity contribution in [1.29, 1.82) is 0 Å². The number of allylic oxidation sites excluding steroid dienone is 1. The summed E-state index contributed by atoms with van der Waals surface area (Å²) in [5.41, 5.74) is 0.810. The van der Waals surface area contributed by atoms with Crippen LogP contribution < -0.4 is 0 Å². The fourth-order valence-electron chi connectivity index (χ4n) is 1.40. The molecule has 0 atom stereocenters. The number of benzene rings is 1. The van der Waals surface area contributed by atoms with Gasteiger partial charge in [-0.2, -0.15) is 0 Å². The number of ketones is 1. The van der Waals surface area contributed by atoms with Crippen LogP contribution in [0.15, 0.2) is 35.3 Å². The number of carbonyl (C=O) groups excluding carboxylic acids is 2. The maximum Gasteiger partial charge on any atom is 0.330 e. The lowest BCUT2D eigenvalue weighted by Crippen LogP contribution is -2.07. The molecular weight excluding hydrogens is 310 g/mol. The molecule has 0 saturated carbocycles. The molecule has 7 heteroatoms. The lowest BCUT2D eigenvalue weighted by molar-refractivity contribution is -0.138. The molecule has 1 rings (SSSR count). The van der Waals surface area contributed by atoms with Gasteiger partial charge < -0.3 is 14.2 Å². The highest BCUT2D eigenvalue weighted by Crippen LogP contribution is 2.23. The number of halogens is 1. The van der Waals surface area contributed by atoms with Crippen molar-refractivity contribution in [3.05, 3.63) is 40.9 Å². The fourth-order valence-corrected chi connectivity index (χ4v) is 1.67. The van der Waals surface area contributed by atoms with Gasteiger partial charge in [0.05, 0.1) is 24.4 Å². The Morgan fingerprint density at radius 1 is 1.23 bits per heavy atom. The van der Waals surface area contributed by atoms with E-state index in [0.717, 1.165) is 12.2 Å². The molecule has 0 saturated heterocycles. The Hall–Kier alpha value is -2.18. The average molecular weight is 326 g/mol. The summed E-state index contributed by atoms with van der Waals surface area (Å²) in [7, 11) is 2.97. The van der Waals surface area contributed by atoms with Crippen LogP contribution in [0.5, 0.6) is 0 Å². The molecule has 0 unspecified atom stereocenters. The quantitative estimate of drug-likeness (QED) is 0.183. The predicted molar refractivity (Wildman–Crippen MR) is 82.9 cm³/mol. The molecule has 0 N–H and O–H groups in total. The second kappa shape index (κ2) is 9.70. The number of esters is 1. The molecule has 0 aliphatic heterocycles. The molecule has 0 aliphatic carbocycles. The van der Waals surface area contributed by atoms with Gasteiger partial charge in [0.2, 0.25) is 0 Å². The fraction of sp³-hybridized carbons (Fsp3) is 0.267. The number of rotatable bonds is 8. The van der Waals surface area contributed by atoms with Crippen molar-refractivity contribution < 1.29 is 23.8 Å². The third kappa shape index (κ3) is 6.07. The zero-order chi connectivity index (χ0) is 16.4. The normalized spacial score (nSPS) is 11.0. The van der Waals surface area contributed by atoms with Gasteiger partial charge in [-0.25, -0.2) is 9.79 Å². The Morgan fingerprint density at radius 2 is 2.00 bits per heavy atom. The number of aliphatic imine (C=N–C) groups is 1. The van der Waals surface area contributed by atoms with E-state index < -0.39 is 11.8 Å². The predicted octanol–water partition coefficient (Wildman–Crippen LogP) is 2.57. The lowest BCUT2D eigenvalue weighted by atomic mass is 10.1. The highest BCUT2D eigenvalue weighted by atomic mass is 35.5. The first-order valence-electron chi connectivity index (χ1n) is 6.31. The molecule has 0 spiro atoms. The van der Waals surface area contributed by atoms with E-state index in [9.17, 15) is 9.59 Å². The molecular formula is C15H16ClNO5. The Balaban J connectivity index is 2.69. The molecule has 0 radical (unpaired) electrons. The van der Waals surface area contributed by atoms with E-state index >= 15 is 0 Å². The molecule has 22 heavy (non-hydrogen) atoms. The second-order valence-corrected chi connectivity index (χ2v) is 4.40. The number of hydrogen-bond acceptors (Lipinski definition) is 6.